The number of aliphatic hydroxyl groups excluding tert-OH is 1. The van der Waals surface area contributed by atoms with Crippen LogP contribution < -0.4 is 4.72 Å². The average molecular weight is 320 g/mol. The van der Waals surface area contributed by atoms with E-state index < -0.39 is 10.0 Å². The highest BCUT2D eigenvalue weighted by molar-refractivity contribution is 7.91. The van der Waals surface area contributed by atoms with Gasteiger partial charge in [0.15, 0.2) is 0 Å². The highest BCUT2D eigenvalue weighted by Gasteiger charge is 2.24. The summed E-state index contributed by atoms with van der Waals surface area (Å²) in [7, 11) is 0.427. The molecule has 1 heterocycles. The lowest BCUT2D eigenvalue weighted by Crippen LogP contribution is -2.39. The summed E-state index contributed by atoms with van der Waals surface area (Å²) < 4.78 is 27.4. The van der Waals surface area contributed by atoms with Gasteiger partial charge in [0, 0.05) is 18.0 Å². The first kappa shape index (κ1) is 17.6. The molecule has 0 radical (unpaired) electrons. The molecule has 0 amide bonds. The number of rotatable bonds is 7. The zero-order chi connectivity index (χ0) is 15.6. The molecule has 0 fully saturated rings. The van der Waals surface area contributed by atoms with Crippen molar-refractivity contribution in [2.75, 3.05) is 27.2 Å². The summed E-state index contributed by atoms with van der Waals surface area (Å²) in [6, 6.07) is 1.61. The molecule has 7 heteroatoms. The second-order valence-electron chi connectivity index (χ2n) is 6.06. The quantitative estimate of drug-likeness (QED) is 0.797. The van der Waals surface area contributed by atoms with Gasteiger partial charge in [0.05, 0.1) is 6.61 Å². The van der Waals surface area contributed by atoms with Crippen LogP contribution in [0.15, 0.2) is 10.3 Å². The number of nitrogens with one attached hydrogen (secondary N) is 1. The summed E-state index contributed by atoms with van der Waals surface area (Å²) in [5.41, 5.74) is 0.660. The molecular formula is C13H24N2O3S2. The largest absolute Gasteiger partial charge is 0.391 e. The summed E-state index contributed by atoms with van der Waals surface area (Å²) >= 11 is 1.12. The Kier molecular flexibility index (Phi) is 5.74. The summed E-state index contributed by atoms with van der Waals surface area (Å²) in [5, 5.41) is 9.15. The normalized spacial score (nSPS) is 13.2. The van der Waals surface area contributed by atoms with Crippen LogP contribution in [0.25, 0.3) is 0 Å². The van der Waals surface area contributed by atoms with Crippen LogP contribution in [-0.4, -0.2) is 45.6 Å². The molecule has 1 aromatic heterocycles. The van der Waals surface area contributed by atoms with E-state index in [0.29, 0.717) is 11.4 Å². The molecule has 0 bridgehead atoms. The van der Waals surface area contributed by atoms with Gasteiger partial charge in [-0.25, -0.2) is 13.1 Å². The highest BCUT2D eigenvalue weighted by atomic mass is 32.2. The minimum Gasteiger partial charge on any atom is -0.391 e. The third-order valence-electron chi connectivity index (χ3n) is 2.89. The molecular weight excluding hydrogens is 296 g/mol. The number of sulfonamides is 1. The zero-order valence-electron chi connectivity index (χ0n) is 12.7. The third kappa shape index (κ3) is 4.82. The smallest absolute Gasteiger partial charge is 0.250 e. The molecule has 1 aromatic rings. The van der Waals surface area contributed by atoms with Crippen molar-refractivity contribution in [3.05, 3.63) is 16.5 Å². The molecule has 0 saturated carbocycles. The number of hydrogen-bond donors (Lipinski definition) is 2. The van der Waals surface area contributed by atoms with Crippen molar-refractivity contribution in [2.24, 2.45) is 5.41 Å². The maximum absolute atomic E-state index is 12.3. The van der Waals surface area contributed by atoms with Crippen molar-refractivity contribution < 1.29 is 13.5 Å². The van der Waals surface area contributed by atoms with Crippen LogP contribution in [0.4, 0.5) is 0 Å². The van der Waals surface area contributed by atoms with Gasteiger partial charge in [-0.3, -0.25) is 0 Å². The Bertz CT molecular complexity index is 548. The number of nitrogens with zero attached hydrogens (tertiary/aromatic N) is 1. The van der Waals surface area contributed by atoms with E-state index in [1.54, 1.807) is 13.0 Å². The summed E-state index contributed by atoms with van der Waals surface area (Å²) in [6.45, 7) is 6.89. The second kappa shape index (κ2) is 6.53. The molecule has 20 heavy (non-hydrogen) atoms. The molecule has 2 N–H and O–H groups in total. The molecule has 0 spiro atoms. The zero-order valence-corrected chi connectivity index (χ0v) is 14.4. The molecule has 5 nitrogen and oxygen atoms in total. The first-order valence-corrected chi connectivity index (χ1v) is 8.72. The Balaban J connectivity index is 2.80. The van der Waals surface area contributed by atoms with Crippen LogP contribution in [0.3, 0.4) is 0 Å². The molecule has 0 atom stereocenters. The van der Waals surface area contributed by atoms with E-state index in [4.69, 9.17) is 5.11 Å². The molecule has 1 rings (SSSR count). The fraction of sp³-hybridized carbons (Fsp3) is 0.692. The summed E-state index contributed by atoms with van der Waals surface area (Å²) in [6.07, 6.45) is 0. The van der Waals surface area contributed by atoms with E-state index in [1.165, 1.54) is 0 Å². The van der Waals surface area contributed by atoms with E-state index in [9.17, 15) is 8.42 Å². The van der Waals surface area contributed by atoms with Crippen LogP contribution >= 0.6 is 11.3 Å². The molecule has 116 valence electrons. The van der Waals surface area contributed by atoms with Gasteiger partial charge in [0.25, 0.3) is 0 Å². The van der Waals surface area contributed by atoms with Crippen molar-refractivity contribution in [3.8, 4) is 0 Å². The monoisotopic (exact) mass is 320 g/mol. The van der Waals surface area contributed by atoms with E-state index in [1.807, 2.05) is 32.8 Å². The predicted octanol–water partition coefficient (Wildman–Crippen LogP) is 1.41. The van der Waals surface area contributed by atoms with Gasteiger partial charge in [-0.1, -0.05) is 13.8 Å². The van der Waals surface area contributed by atoms with Crippen LogP contribution in [-0.2, 0) is 16.6 Å². The fourth-order valence-electron chi connectivity index (χ4n) is 2.05. The number of thiophene rings is 1. The van der Waals surface area contributed by atoms with Gasteiger partial charge < -0.3 is 10.0 Å². The molecule has 0 aliphatic heterocycles. The maximum atomic E-state index is 12.3. The number of hydrogen-bond acceptors (Lipinski definition) is 5. The first-order chi connectivity index (χ1) is 9.07. The van der Waals surface area contributed by atoms with E-state index >= 15 is 0 Å². The van der Waals surface area contributed by atoms with Crippen LogP contribution in [0.2, 0.25) is 0 Å². The predicted molar refractivity (Wildman–Crippen MR) is 82.5 cm³/mol. The number of aryl methyl sites for hydroxylation is 1. The Hall–Kier alpha value is -0.470. The third-order valence-corrected chi connectivity index (χ3v) is 5.99. The van der Waals surface area contributed by atoms with Crippen molar-refractivity contribution in [2.45, 2.75) is 31.6 Å². The minimum absolute atomic E-state index is 0.127. The van der Waals surface area contributed by atoms with Crippen LogP contribution in [0.5, 0.6) is 0 Å². The Morgan fingerprint density at radius 3 is 2.45 bits per heavy atom. The minimum atomic E-state index is -3.50. The van der Waals surface area contributed by atoms with E-state index in [0.717, 1.165) is 23.4 Å². The van der Waals surface area contributed by atoms with Gasteiger partial charge >= 0.3 is 0 Å². The highest BCUT2D eigenvalue weighted by Crippen LogP contribution is 2.26. The van der Waals surface area contributed by atoms with Gasteiger partial charge in [0.2, 0.25) is 10.0 Å². The van der Waals surface area contributed by atoms with Crippen molar-refractivity contribution in [1.29, 1.82) is 0 Å². The average Bonchev–Trinajstić information content (AvgIpc) is 2.67. The molecule has 0 aliphatic rings. The van der Waals surface area contributed by atoms with Crippen LogP contribution in [0.1, 0.15) is 24.3 Å². The van der Waals surface area contributed by atoms with E-state index in [2.05, 4.69) is 4.72 Å². The molecule has 0 aliphatic carbocycles. The van der Waals surface area contributed by atoms with E-state index in [-0.39, 0.29) is 16.2 Å². The van der Waals surface area contributed by atoms with Crippen molar-refractivity contribution in [3.63, 3.8) is 0 Å². The van der Waals surface area contributed by atoms with Gasteiger partial charge in [-0.2, -0.15) is 0 Å². The lowest BCUT2D eigenvalue weighted by molar-refractivity contribution is 0.242. The topological polar surface area (TPSA) is 69.6 Å². The number of aliphatic hydroxyl groups is 1. The first-order valence-electron chi connectivity index (χ1n) is 6.42. The molecule has 0 unspecified atom stereocenters. The van der Waals surface area contributed by atoms with Gasteiger partial charge in [0.1, 0.15) is 4.21 Å². The standard InChI is InChI=1S/C13H24N2O3S2/c1-10-6-12(19-11(10)7-16)20(17,18)14-8-13(2,3)9-15(4)5/h6,14,16H,7-9H2,1-5H3. The second-order valence-corrected chi connectivity index (χ2v) is 9.19. The lowest BCUT2D eigenvalue weighted by atomic mass is 9.93. The van der Waals surface area contributed by atoms with Gasteiger partial charge in [-0.15, -0.1) is 11.3 Å². The Morgan fingerprint density at radius 2 is 2.00 bits per heavy atom. The SMILES string of the molecule is Cc1cc(S(=O)(=O)NCC(C)(C)CN(C)C)sc1CO. The molecule has 0 saturated heterocycles. The Labute approximate surface area is 125 Å². The fourth-order valence-corrected chi connectivity index (χ4v) is 4.79. The van der Waals surface area contributed by atoms with Crippen LogP contribution in [0, 0.1) is 12.3 Å². The lowest BCUT2D eigenvalue weighted by Gasteiger charge is -2.28. The summed E-state index contributed by atoms with van der Waals surface area (Å²) in [4.78, 5) is 2.73. The molecule has 0 aromatic carbocycles. The summed E-state index contributed by atoms with van der Waals surface area (Å²) in [5.74, 6) is 0. The van der Waals surface area contributed by atoms with Crippen molar-refractivity contribution in [1.82, 2.24) is 9.62 Å². The maximum Gasteiger partial charge on any atom is 0.250 e. The Morgan fingerprint density at radius 1 is 1.40 bits per heavy atom. The van der Waals surface area contributed by atoms with Gasteiger partial charge in [-0.05, 0) is 38.1 Å². The van der Waals surface area contributed by atoms with Crippen molar-refractivity contribution >= 4 is 21.4 Å².